The molecule has 0 bridgehead atoms. The van der Waals surface area contributed by atoms with Crippen molar-refractivity contribution in [1.82, 2.24) is 20.2 Å². The predicted octanol–water partition coefficient (Wildman–Crippen LogP) is 4.47. The van der Waals surface area contributed by atoms with Gasteiger partial charge in [-0.2, -0.15) is 0 Å². The summed E-state index contributed by atoms with van der Waals surface area (Å²) in [4.78, 5) is 26.5. The van der Waals surface area contributed by atoms with E-state index in [1.54, 1.807) is 18.1 Å². The number of hydrogen-bond donors (Lipinski definition) is 3. The van der Waals surface area contributed by atoms with Crippen LogP contribution in [-0.4, -0.2) is 79.2 Å². The number of thiazole rings is 1. The molecule has 4 heterocycles. The number of anilines is 2. The number of piperidine rings is 1. The molecule has 2 fully saturated rings. The van der Waals surface area contributed by atoms with Crippen LogP contribution in [0.3, 0.4) is 0 Å². The first-order valence-corrected chi connectivity index (χ1v) is 14.0. The number of pyridine rings is 1. The quantitative estimate of drug-likeness (QED) is 0.412. The molecule has 2 aliphatic heterocycles. The van der Waals surface area contributed by atoms with Gasteiger partial charge in [-0.25, -0.2) is 18.7 Å². The molecule has 2 aliphatic rings. The van der Waals surface area contributed by atoms with E-state index in [0.717, 1.165) is 44.6 Å². The molecule has 1 amide bonds. The molecule has 11 heteroatoms. The second-order valence-electron chi connectivity index (χ2n) is 9.84. The van der Waals surface area contributed by atoms with E-state index in [4.69, 9.17) is 10.4 Å². The maximum absolute atomic E-state index is 12.7. The third-order valence-electron chi connectivity index (χ3n) is 7.06. The van der Waals surface area contributed by atoms with Crippen molar-refractivity contribution < 1.29 is 13.6 Å². The molecule has 1 atom stereocenters. The van der Waals surface area contributed by atoms with E-state index in [2.05, 4.69) is 20.5 Å². The molecule has 2 aromatic rings. The highest BCUT2D eigenvalue weighted by molar-refractivity contribution is 7.15. The molecule has 0 radical (unpaired) electrons. The summed E-state index contributed by atoms with van der Waals surface area (Å²) in [5.41, 5.74) is 0.928. The third kappa shape index (κ3) is 7.44. The Labute approximate surface area is 221 Å². The van der Waals surface area contributed by atoms with Gasteiger partial charge in [-0.15, -0.1) is 11.3 Å². The molecular weight excluding hydrogens is 496 g/mol. The van der Waals surface area contributed by atoms with Gasteiger partial charge in [-0.3, -0.25) is 15.1 Å². The van der Waals surface area contributed by atoms with Crippen LogP contribution < -0.4 is 15.5 Å². The van der Waals surface area contributed by atoms with Crippen molar-refractivity contribution in [2.45, 2.75) is 51.4 Å². The van der Waals surface area contributed by atoms with Crippen molar-refractivity contribution in [2.24, 2.45) is 5.92 Å². The zero-order chi connectivity index (χ0) is 26.2. The summed E-state index contributed by atoms with van der Waals surface area (Å²) in [6.07, 6.45) is 7.08. The fraction of sp³-hybridized carbons (Fsp3) is 0.615. The van der Waals surface area contributed by atoms with E-state index in [9.17, 15) is 13.6 Å². The predicted molar refractivity (Wildman–Crippen MR) is 145 cm³/mol. The molecule has 0 aliphatic carbocycles. The Morgan fingerprint density at radius 1 is 1.16 bits per heavy atom. The van der Waals surface area contributed by atoms with Crippen molar-refractivity contribution >= 4 is 34.6 Å². The van der Waals surface area contributed by atoms with Gasteiger partial charge >= 0.3 is 0 Å². The molecule has 0 saturated carbocycles. The molecule has 0 spiro atoms. The van der Waals surface area contributed by atoms with Crippen molar-refractivity contribution in [3.8, 4) is 0 Å². The van der Waals surface area contributed by atoms with Crippen molar-refractivity contribution in [3.63, 3.8) is 0 Å². The number of halogens is 2. The molecule has 0 aromatic carbocycles. The summed E-state index contributed by atoms with van der Waals surface area (Å²) in [5, 5.41) is 15.1. The van der Waals surface area contributed by atoms with Gasteiger partial charge in [0.1, 0.15) is 11.6 Å². The van der Waals surface area contributed by atoms with E-state index in [-0.39, 0.29) is 29.1 Å². The first-order chi connectivity index (χ1) is 17.9. The van der Waals surface area contributed by atoms with Crippen LogP contribution in [0.2, 0.25) is 0 Å². The van der Waals surface area contributed by atoms with Crippen LogP contribution in [0.4, 0.5) is 20.4 Å². The monoisotopic (exact) mass is 533 g/mol. The minimum absolute atomic E-state index is 0.144. The number of nitrogens with one attached hydrogen (secondary N) is 3. The Morgan fingerprint density at radius 3 is 2.65 bits per heavy atom. The Balaban J connectivity index is 1.37. The number of aromatic nitrogens is 2. The van der Waals surface area contributed by atoms with Crippen molar-refractivity contribution in [3.05, 3.63) is 33.8 Å². The van der Waals surface area contributed by atoms with Crippen LogP contribution in [0.15, 0.2) is 18.3 Å². The van der Waals surface area contributed by atoms with Gasteiger partial charge in [0.15, 0.2) is 5.01 Å². The van der Waals surface area contributed by atoms with Gasteiger partial charge in [-0.05, 0) is 50.3 Å². The molecule has 3 N–H and O–H groups in total. The topological polar surface area (TPSA) is 97.2 Å². The SMILES string of the molecule is CNc1nc(N2CCCCCCC2)ccc1C(=N)c1cnc(C(=O)NCC2CCCN(CC(F)F)C2)s1. The summed E-state index contributed by atoms with van der Waals surface area (Å²) in [6, 6.07) is 3.89. The maximum Gasteiger partial charge on any atom is 0.280 e. The molecular formula is C26H37F2N7OS. The van der Waals surface area contributed by atoms with Gasteiger partial charge in [0.2, 0.25) is 0 Å². The molecule has 4 rings (SSSR count). The highest BCUT2D eigenvalue weighted by atomic mass is 32.1. The summed E-state index contributed by atoms with van der Waals surface area (Å²) in [5.74, 6) is 1.40. The lowest BCUT2D eigenvalue weighted by Crippen LogP contribution is -2.42. The zero-order valence-corrected chi connectivity index (χ0v) is 22.3. The van der Waals surface area contributed by atoms with E-state index >= 15 is 0 Å². The minimum atomic E-state index is -2.34. The van der Waals surface area contributed by atoms with E-state index in [0.29, 0.717) is 35.9 Å². The molecule has 37 heavy (non-hydrogen) atoms. The Bertz CT molecular complexity index is 1060. The van der Waals surface area contributed by atoms with Crippen LogP contribution >= 0.6 is 11.3 Å². The fourth-order valence-electron chi connectivity index (χ4n) is 5.11. The molecule has 2 saturated heterocycles. The van der Waals surface area contributed by atoms with Crippen LogP contribution in [-0.2, 0) is 0 Å². The lowest BCUT2D eigenvalue weighted by Gasteiger charge is -2.32. The highest BCUT2D eigenvalue weighted by Crippen LogP contribution is 2.26. The largest absolute Gasteiger partial charge is 0.373 e. The minimum Gasteiger partial charge on any atom is -0.373 e. The fourth-order valence-corrected chi connectivity index (χ4v) is 5.91. The number of hydrogen-bond acceptors (Lipinski definition) is 8. The van der Waals surface area contributed by atoms with Crippen molar-refractivity contribution in [2.75, 3.05) is 56.5 Å². The second kappa shape index (κ2) is 13.2. The molecule has 202 valence electrons. The molecule has 8 nitrogen and oxygen atoms in total. The summed E-state index contributed by atoms with van der Waals surface area (Å²) < 4.78 is 25.4. The Kier molecular flexibility index (Phi) is 9.79. The summed E-state index contributed by atoms with van der Waals surface area (Å²) >= 11 is 1.17. The number of nitrogens with zero attached hydrogens (tertiary/aromatic N) is 4. The molecule has 1 unspecified atom stereocenters. The van der Waals surface area contributed by atoms with Gasteiger partial charge < -0.3 is 15.5 Å². The smallest absolute Gasteiger partial charge is 0.280 e. The Morgan fingerprint density at radius 2 is 1.92 bits per heavy atom. The zero-order valence-electron chi connectivity index (χ0n) is 21.4. The lowest BCUT2D eigenvalue weighted by molar-refractivity contribution is 0.0636. The van der Waals surface area contributed by atoms with E-state index < -0.39 is 6.43 Å². The average molecular weight is 534 g/mol. The standard InChI is InChI=1S/C26H37F2N7OS/c1-30-24-19(9-10-22(33-24)35-12-5-3-2-4-6-13-35)23(29)20-15-32-26(37-20)25(36)31-14-18-8-7-11-34(16-18)17-21(27)28/h9-10,15,18,21,29H,2-8,11-14,16-17H2,1H3,(H,30,33)(H,31,36). The van der Waals surface area contributed by atoms with Gasteiger partial charge in [-0.1, -0.05) is 19.3 Å². The number of likely N-dealkylation sites (tertiary alicyclic amines) is 1. The van der Waals surface area contributed by atoms with Gasteiger partial charge in [0.05, 0.1) is 17.1 Å². The summed E-state index contributed by atoms with van der Waals surface area (Å²) in [7, 11) is 1.80. The highest BCUT2D eigenvalue weighted by Gasteiger charge is 2.24. The van der Waals surface area contributed by atoms with Crippen molar-refractivity contribution in [1.29, 1.82) is 5.41 Å². The first kappa shape index (κ1) is 27.4. The maximum atomic E-state index is 12.7. The van der Waals surface area contributed by atoms with E-state index in [1.807, 2.05) is 12.1 Å². The van der Waals surface area contributed by atoms with Crippen LogP contribution in [0, 0.1) is 11.3 Å². The van der Waals surface area contributed by atoms with Gasteiger partial charge in [0.25, 0.3) is 12.3 Å². The second-order valence-corrected chi connectivity index (χ2v) is 10.9. The third-order valence-corrected chi connectivity index (χ3v) is 8.08. The van der Waals surface area contributed by atoms with E-state index in [1.165, 1.54) is 30.6 Å². The lowest BCUT2D eigenvalue weighted by atomic mass is 9.98. The van der Waals surface area contributed by atoms with Crippen LogP contribution in [0.1, 0.15) is 65.2 Å². The Hall–Kier alpha value is -2.66. The first-order valence-electron chi connectivity index (χ1n) is 13.2. The summed E-state index contributed by atoms with van der Waals surface area (Å²) in [6.45, 7) is 3.43. The van der Waals surface area contributed by atoms with Crippen LogP contribution in [0.25, 0.3) is 0 Å². The number of alkyl halides is 2. The number of carbonyl (C=O) groups is 1. The number of carbonyl (C=O) groups excluding carboxylic acids is 1. The average Bonchev–Trinajstić information content (AvgIpc) is 3.37. The number of amides is 1. The number of rotatable bonds is 9. The molecule has 2 aromatic heterocycles. The normalized spacial score (nSPS) is 19.4. The van der Waals surface area contributed by atoms with Crippen LogP contribution in [0.5, 0.6) is 0 Å². The van der Waals surface area contributed by atoms with Gasteiger partial charge in [0, 0.05) is 45.0 Å².